The number of anilines is 1. The molecule has 3 aromatic carbocycles. The van der Waals surface area contributed by atoms with E-state index in [9.17, 15) is 18.0 Å². The Kier molecular flexibility index (Phi) is 9.05. The van der Waals surface area contributed by atoms with Crippen LogP contribution in [0.5, 0.6) is 5.75 Å². The van der Waals surface area contributed by atoms with Crippen LogP contribution in [0.4, 0.5) is 23.7 Å². The summed E-state index contributed by atoms with van der Waals surface area (Å²) in [5.74, 6) is 1.39. The van der Waals surface area contributed by atoms with Crippen LogP contribution in [0, 0.1) is 6.92 Å². The average Bonchev–Trinajstić information content (AvgIpc) is 3.46. The number of rotatable bonds is 7. The van der Waals surface area contributed by atoms with Gasteiger partial charge in [-0.05, 0) is 66.3 Å². The molecule has 43 heavy (non-hydrogen) atoms. The summed E-state index contributed by atoms with van der Waals surface area (Å²) in [4.78, 5) is 23.7. The molecule has 2 heterocycles. The van der Waals surface area contributed by atoms with E-state index in [-0.39, 0.29) is 5.75 Å². The fourth-order valence-electron chi connectivity index (χ4n) is 4.65. The summed E-state index contributed by atoms with van der Waals surface area (Å²) in [6.45, 7) is 7.52. The minimum atomic E-state index is -4.75. The number of amides is 2. The van der Waals surface area contributed by atoms with E-state index in [0.717, 1.165) is 41.1 Å². The normalized spacial score (nSPS) is 14.8. The highest BCUT2D eigenvalue weighted by Gasteiger charge is 2.31. The molecule has 1 saturated heterocycles. The molecule has 1 fully saturated rings. The quantitative estimate of drug-likeness (QED) is 0.234. The first-order valence-corrected chi connectivity index (χ1v) is 14.8. The summed E-state index contributed by atoms with van der Waals surface area (Å²) in [7, 11) is 0. The van der Waals surface area contributed by atoms with E-state index in [1.807, 2.05) is 24.3 Å². The minimum absolute atomic E-state index is 0.302. The van der Waals surface area contributed by atoms with Crippen LogP contribution in [-0.4, -0.2) is 44.6 Å². The second-order valence-corrected chi connectivity index (χ2v) is 11.4. The van der Waals surface area contributed by atoms with Gasteiger partial charge in [-0.1, -0.05) is 62.0 Å². The van der Waals surface area contributed by atoms with Crippen LogP contribution in [0.2, 0.25) is 0 Å². The Bertz CT molecular complexity index is 1600. The Labute approximate surface area is 252 Å². The smallest absolute Gasteiger partial charge is 0.406 e. The number of benzene rings is 3. The second kappa shape index (κ2) is 12.9. The third-order valence-corrected chi connectivity index (χ3v) is 7.83. The van der Waals surface area contributed by atoms with E-state index in [0.29, 0.717) is 29.1 Å². The van der Waals surface area contributed by atoms with Gasteiger partial charge in [0.1, 0.15) is 12.1 Å². The molecule has 224 valence electrons. The van der Waals surface area contributed by atoms with Crippen LogP contribution in [0.3, 0.4) is 0 Å². The van der Waals surface area contributed by atoms with Crippen LogP contribution in [-0.2, 0) is 6.54 Å². The van der Waals surface area contributed by atoms with E-state index in [1.165, 1.54) is 40.8 Å². The first kappa shape index (κ1) is 30.1. The molecule has 0 atom stereocenters. The summed E-state index contributed by atoms with van der Waals surface area (Å²) in [6.07, 6.45) is -2.26. The maximum absolute atomic E-state index is 12.8. The van der Waals surface area contributed by atoms with Crippen molar-refractivity contribution in [2.45, 2.75) is 46.0 Å². The van der Waals surface area contributed by atoms with E-state index >= 15 is 0 Å². The highest BCUT2D eigenvalue weighted by molar-refractivity contribution is 8.14. The summed E-state index contributed by atoms with van der Waals surface area (Å²) < 4.78 is 42.6. The van der Waals surface area contributed by atoms with Gasteiger partial charge >= 0.3 is 12.4 Å². The fraction of sp³-hybridized carbons (Fsp3) is 0.290. The van der Waals surface area contributed by atoms with Gasteiger partial charge in [0, 0.05) is 30.1 Å². The zero-order chi connectivity index (χ0) is 30.6. The van der Waals surface area contributed by atoms with Crippen molar-refractivity contribution in [1.82, 2.24) is 20.1 Å². The highest BCUT2D eigenvalue weighted by atomic mass is 32.2. The number of nitrogens with one attached hydrogen (secondary N) is 1. The van der Waals surface area contributed by atoms with Gasteiger partial charge in [0.25, 0.3) is 0 Å². The fourth-order valence-corrected chi connectivity index (χ4v) is 5.60. The van der Waals surface area contributed by atoms with Crippen molar-refractivity contribution < 1.29 is 22.7 Å². The first-order chi connectivity index (χ1) is 20.6. The van der Waals surface area contributed by atoms with Crippen LogP contribution < -0.4 is 15.0 Å². The number of carbonyl (C=O) groups is 1. The Morgan fingerprint density at radius 2 is 1.84 bits per heavy atom. The van der Waals surface area contributed by atoms with Gasteiger partial charge in [-0.15, -0.1) is 18.3 Å². The molecule has 1 N–H and O–H groups in total. The van der Waals surface area contributed by atoms with E-state index in [1.54, 1.807) is 11.8 Å². The number of carbonyl (C=O) groups excluding carboxylic acids is 1. The number of hydrogen-bond donors (Lipinski definition) is 1. The lowest BCUT2D eigenvalue weighted by Gasteiger charge is -2.32. The molecule has 1 aromatic heterocycles. The van der Waals surface area contributed by atoms with E-state index in [4.69, 9.17) is 0 Å². The van der Waals surface area contributed by atoms with E-state index in [2.05, 4.69) is 69.0 Å². The average molecular weight is 609 g/mol. The number of halogens is 3. The number of ether oxygens (including phenoxy) is 1. The molecule has 1 aliphatic heterocycles. The van der Waals surface area contributed by atoms with Crippen LogP contribution in [0.1, 0.15) is 42.9 Å². The highest BCUT2D eigenvalue weighted by Crippen LogP contribution is 2.33. The zero-order valence-corrected chi connectivity index (χ0v) is 24.7. The first-order valence-electron chi connectivity index (χ1n) is 13.8. The topological polar surface area (TPSA) is 84.6 Å². The Balaban J connectivity index is 1.21. The van der Waals surface area contributed by atoms with Crippen molar-refractivity contribution in [3.8, 4) is 22.8 Å². The number of aryl methyl sites for hydroxylation is 1. The number of amidine groups is 1. The molecule has 0 spiro atoms. The van der Waals surface area contributed by atoms with Crippen molar-refractivity contribution in [3.05, 3.63) is 89.7 Å². The van der Waals surface area contributed by atoms with Gasteiger partial charge in [-0.3, -0.25) is 0 Å². The molecule has 2 amide bonds. The summed E-state index contributed by atoms with van der Waals surface area (Å²) in [5, 5.41) is 8.02. The predicted molar refractivity (Wildman–Crippen MR) is 163 cm³/mol. The Morgan fingerprint density at radius 1 is 1.09 bits per heavy atom. The van der Waals surface area contributed by atoms with Crippen molar-refractivity contribution in [2.75, 3.05) is 17.2 Å². The molecule has 4 aromatic rings. The third-order valence-electron chi connectivity index (χ3n) is 6.77. The molecular formula is C31H31F3N6O2S. The van der Waals surface area contributed by atoms with Gasteiger partial charge in [-0.2, -0.15) is 4.99 Å². The molecule has 0 bridgehead atoms. The maximum Gasteiger partial charge on any atom is 0.573 e. The molecule has 5 rings (SSSR count). The molecule has 0 radical (unpaired) electrons. The molecule has 12 heteroatoms. The molecule has 0 unspecified atom stereocenters. The Hall–Kier alpha value is -4.32. The van der Waals surface area contributed by atoms with Gasteiger partial charge < -0.3 is 15.0 Å². The Morgan fingerprint density at radius 3 is 2.53 bits per heavy atom. The van der Waals surface area contributed by atoms with Crippen LogP contribution in [0.15, 0.2) is 78.0 Å². The van der Waals surface area contributed by atoms with Crippen LogP contribution in [0.25, 0.3) is 17.1 Å². The second-order valence-electron chi connectivity index (χ2n) is 10.4. The summed E-state index contributed by atoms with van der Waals surface area (Å²) in [6, 6.07) is 18.8. The van der Waals surface area contributed by atoms with Crippen molar-refractivity contribution in [3.63, 3.8) is 0 Å². The molecule has 0 aliphatic carbocycles. The molecule has 0 saturated carbocycles. The lowest BCUT2D eigenvalue weighted by atomic mass is 9.98. The molecule has 8 nitrogen and oxygen atoms in total. The number of urea groups is 1. The number of aliphatic imine (C=N–C) groups is 1. The predicted octanol–water partition coefficient (Wildman–Crippen LogP) is 7.47. The molecule has 1 aliphatic rings. The van der Waals surface area contributed by atoms with Gasteiger partial charge in [0.15, 0.2) is 11.0 Å². The monoisotopic (exact) mass is 608 g/mol. The van der Waals surface area contributed by atoms with Crippen LogP contribution >= 0.6 is 11.8 Å². The zero-order valence-electron chi connectivity index (χ0n) is 23.9. The van der Waals surface area contributed by atoms with Crippen molar-refractivity contribution in [2.24, 2.45) is 4.99 Å². The minimum Gasteiger partial charge on any atom is -0.406 e. The van der Waals surface area contributed by atoms with Gasteiger partial charge in [0.2, 0.25) is 0 Å². The summed E-state index contributed by atoms with van der Waals surface area (Å²) in [5.41, 5.74) is 5.66. The standard InChI is InChI=1S/C31H31F3N6O2S/c1-20(2)26-14-5-21(3)17-27(26)39-15-4-16-43-30(39)37-29(41)35-18-22-6-8-23(9-7-22)28-36-19-40(38-28)24-10-12-25(13-11-24)42-31(32,33)34/h5-14,17,19-20H,4,15-16,18H2,1-3H3,(H,35,41). The molecular weight excluding hydrogens is 577 g/mol. The summed E-state index contributed by atoms with van der Waals surface area (Å²) >= 11 is 1.59. The maximum atomic E-state index is 12.8. The number of hydrogen-bond acceptors (Lipinski definition) is 5. The van der Waals surface area contributed by atoms with Gasteiger partial charge in [-0.25, -0.2) is 14.5 Å². The third kappa shape index (κ3) is 7.75. The lowest BCUT2D eigenvalue weighted by molar-refractivity contribution is -0.274. The number of thioether (sulfide) groups is 1. The number of aromatic nitrogens is 3. The van der Waals surface area contributed by atoms with Gasteiger partial charge in [0.05, 0.1) is 5.69 Å². The lowest BCUT2D eigenvalue weighted by Crippen LogP contribution is -2.36. The largest absolute Gasteiger partial charge is 0.573 e. The van der Waals surface area contributed by atoms with E-state index < -0.39 is 12.4 Å². The van der Waals surface area contributed by atoms with Crippen molar-refractivity contribution >= 4 is 28.6 Å². The number of alkyl halides is 3. The SMILES string of the molecule is Cc1ccc(C(C)C)c(N2CCCSC2=NC(=O)NCc2ccc(-c3ncn(-c4ccc(OC(F)(F)F)cc4)n3)cc2)c1. The number of nitrogens with zero attached hydrogens (tertiary/aromatic N) is 5. The van der Waals surface area contributed by atoms with Crippen molar-refractivity contribution in [1.29, 1.82) is 0 Å².